The van der Waals surface area contributed by atoms with Crippen LogP contribution in [0.3, 0.4) is 0 Å². The SMILES string of the molecule is CCN(Cc1cccc(C2CCN(C)CC2)c1)c1cc(OC)ccc1C1CCc2cc(O)ccc2C1. The molecular formula is C32H40N2O2. The lowest BCUT2D eigenvalue weighted by atomic mass is 9.79. The summed E-state index contributed by atoms with van der Waals surface area (Å²) in [5.41, 5.74) is 8.22. The summed E-state index contributed by atoms with van der Waals surface area (Å²) in [5.74, 6) is 2.42. The number of likely N-dealkylation sites (tertiary alicyclic amines) is 1. The molecule has 1 aliphatic carbocycles. The predicted octanol–water partition coefficient (Wildman–Crippen LogP) is 6.51. The van der Waals surface area contributed by atoms with Crippen LogP contribution in [-0.4, -0.2) is 43.8 Å². The van der Waals surface area contributed by atoms with Crippen LogP contribution in [0.4, 0.5) is 5.69 Å². The number of aryl methyl sites for hydroxylation is 1. The van der Waals surface area contributed by atoms with Crippen molar-refractivity contribution in [3.05, 3.63) is 88.5 Å². The molecule has 0 bridgehead atoms. The Balaban J connectivity index is 1.41. The summed E-state index contributed by atoms with van der Waals surface area (Å²) < 4.78 is 5.66. The normalized spacial score (nSPS) is 18.6. The van der Waals surface area contributed by atoms with Gasteiger partial charge in [-0.15, -0.1) is 0 Å². The van der Waals surface area contributed by atoms with Crippen molar-refractivity contribution in [2.75, 3.05) is 38.7 Å². The van der Waals surface area contributed by atoms with E-state index in [1.165, 1.54) is 59.4 Å². The fourth-order valence-corrected chi connectivity index (χ4v) is 6.15. The molecule has 3 aromatic carbocycles. The number of piperidine rings is 1. The Morgan fingerprint density at radius 2 is 1.78 bits per heavy atom. The highest BCUT2D eigenvalue weighted by molar-refractivity contribution is 5.60. The molecule has 1 atom stereocenters. The van der Waals surface area contributed by atoms with Crippen molar-refractivity contribution in [1.29, 1.82) is 0 Å². The van der Waals surface area contributed by atoms with Crippen LogP contribution in [0, 0.1) is 0 Å². The maximum absolute atomic E-state index is 9.91. The molecule has 1 unspecified atom stereocenters. The van der Waals surface area contributed by atoms with Gasteiger partial charge in [0.1, 0.15) is 11.5 Å². The Morgan fingerprint density at radius 1 is 0.944 bits per heavy atom. The molecule has 1 fully saturated rings. The Kier molecular flexibility index (Phi) is 7.52. The summed E-state index contributed by atoms with van der Waals surface area (Å²) in [4.78, 5) is 4.95. The molecule has 36 heavy (non-hydrogen) atoms. The molecule has 1 aliphatic heterocycles. The van der Waals surface area contributed by atoms with E-state index in [0.717, 1.165) is 38.1 Å². The van der Waals surface area contributed by atoms with Gasteiger partial charge < -0.3 is 19.6 Å². The van der Waals surface area contributed by atoms with Crippen molar-refractivity contribution in [1.82, 2.24) is 4.90 Å². The van der Waals surface area contributed by atoms with Gasteiger partial charge in [-0.05, 0) is 117 Å². The fourth-order valence-electron chi connectivity index (χ4n) is 6.15. The number of benzene rings is 3. The predicted molar refractivity (Wildman–Crippen MR) is 149 cm³/mol. The van der Waals surface area contributed by atoms with Crippen molar-refractivity contribution in [3.8, 4) is 11.5 Å². The lowest BCUT2D eigenvalue weighted by molar-refractivity contribution is 0.255. The van der Waals surface area contributed by atoms with Crippen LogP contribution in [0.15, 0.2) is 60.7 Å². The number of hydrogen-bond donors (Lipinski definition) is 1. The number of methoxy groups -OCH3 is 1. The third-order valence-corrected chi connectivity index (χ3v) is 8.33. The number of aromatic hydroxyl groups is 1. The average Bonchev–Trinajstić information content (AvgIpc) is 2.91. The number of hydrogen-bond acceptors (Lipinski definition) is 4. The van der Waals surface area contributed by atoms with Crippen molar-refractivity contribution in [3.63, 3.8) is 0 Å². The summed E-state index contributed by atoms with van der Waals surface area (Å²) in [6, 6.07) is 21.8. The minimum Gasteiger partial charge on any atom is -0.508 e. The van der Waals surface area contributed by atoms with Crippen molar-refractivity contribution >= 4 is 5.69 Å². The third-order valence-electron chi connectivity index (χ3n) is 8.33. The van der Waals surface area contributed by atoms with Gasteiger partial charge in [0.2, 0.25) is 0 Å². The molecule has 5 rings (SSSR count). The smallest absolute Gasteiger partial charge is 0.120 e. The number of phenols is 1. The Bertz CT molecular complexity index is 1180. The molecule has 4 heteroatoms. The largest absolute Gasteiger partial charge is 0.508 e. The molecule has 1 N–H and O–H groups in total. The van der Waals surface area contributed by atoms with Crippen molar-refractivity contribution < 1.29 is 9.84 Å². The molecule has 4 nitrogen and oxygen atoms in total. The van der Waals surface area contributed by atoms with E-state index in [2.05, 4.69) is 72.3 Å². The molecular weight excluding hydrogens is 444 g/mol. The van der Waals surface area contributed by atoms with E-state index in [4.69, 9.17) is 4.74 Å². The summed E-state index contributed by atoms with van der Waals surface area (Å²) in [6.45, 7) is 6.47. The molecule has 3 aromatic rings. The van der Waals surface area contributed by atoms with Gasteiger partial charge in [-0.1, -0.05) is 36.4 Å². The highest BCUT2D eigenvalue weighted by atomic mass is 16.5. The monoisotopic (exact) mass is 484 g/mol. The van der Waals surface area contributed by atoms with Gasteiger partial charge in [0.05, 0.1) is 7.11 Å². The Morgan fingerprint density at radius 3 is 2.56 bits per heavy atom. The van der Waals surface area contributed by atoms with Crippen LogP contribution in [0.25, 0.3) is 0 Å². The van der Waals surface area contributed by atoms with Crippen molar-refractivity contribution in [2.24, 2.45) is 0 Å². The van der Waals surface area contributed by atoms with Crippen molar-refractivity contribution in [2.45, 2.75) is 57.4 Å². The molecule has 0 amide bonds. The van der Waals surface area contributed by atoms with Crippen LogP contribution in [-0.2, 0) is 19.4 Å². The standard InChI is InChI=1S/C32H40N2O2/c1-4-34(22-23-6-5-7-25(18-23)24-14-16-33(2)17-15-24)32-21-30(36-3)12-13-31(32)28-9-8-27-20-29(35)11-10-26(27)19-28/h5-7,10-13,18,20-21,24,28,35H,4,8-9,14-17,19,22H2,1-3H3. The third kappa shape index (κ3) is 5.39. The molecule has 190 valence electrons. The lowest BCUT2D eigenvalue weighted by Crippen LogP contribution is -2.29. The number of nitrogens with zero attached hydrogens (tertiary/aromatic N) is 2. The first-order chi connectivity index (χ1) is 17.5. The first-order valence-corrected chi connectivity index (χ1v) is 13.5. The second kappa shape index (κ2) is 11.0. The number of anilines is 1. The summed E-state index contributed by atoms with van der Waals surface area (Å²) >= 11 is 0. The van der Waals surface area contributed by atoms with E-state index in [9.17, 15) is 5.11 Å². The molecule has 0 spiro atoms. The summed E-state index contributed by atoms with van der Waals surface area (Å²) in [7, 11) is 3.98. The highest BCUT2D eigenvalue weighted by Crippen LogP contribution is 2.40. The number of rotatable bonds is 7. The van der Waals surface area contributed by atoms with Gasteiger partial charge in [0, 0.05) is 24.8 Å². The zero-order valence-corrected chi connectivity index (χ0v) is 22.0. The average molecular weight is 485 g/mol. The van der Waals surface area contributed by atoms with Gasteiger partial charge in [-0.2, -0.15) is 0 Å². The fraction of sp³-hybridized carbons (Fsp3) is 0.438. The molecule has 0 radical (unpaired) electrons. The molecule has 1 saturated heterocycles. The molecule has 1 heterocycles. The second-order valence-corrected chi connectivity index (χ2v) is 10.7. The summed E-state index contributed by atoms with van der Waals surface area (Å²) in [5, 5.41) is 9.91. The summed E-state index contributed by atoms with van der Waals surface area (Å²) in [6.07, 6.45) is 5.61. The van der Waals surface area contributed by atoms with E-state index >= 15 is 0 Å². The first-order valence-electron chi connectivity index (χ1n) is 13.5. The van der Waals surface area contributed by atoms with Gasteiger partial charge in [-0.25, -0.2) is 0 Å². The Hall–Kier alpha value is -2.98. The van der Waals surface area contributed by atoms with E-state index in [1.807, 2.05) is 12.1 Å². The zero-order valence-electron chi connectivity index (χ0n) is 22.0. The van der Waals surface area contributed by atoms with Gasteiger partial charge in [0.25, 0.3) is 0 Å². The van der Waals surface area contributed by atoms with E-state index in [-0.39, 0.29) is 0 Å². The van der Waals surface area contributed by atoms with Gasteiger partial charge >= 0.3 is 0 Å². The van der Waals surface area contributed by atoms with Gasteiger partial charge in [0.15, 0.2) is 0 Å². The van der Waals surface area contributed by atoms with Crippen LogP contribution < -0.4 is 9.64 Å². The maximum atomic E-state index is 9.91. The van der Waals surface area contributed by atoms with Crippen LogP contribution in [0.5, 0.6) is 11.5 Å². The number of fused-ring (bicyclic) bond motifs is 1. The number of phenolic OH excluding ortho intramolecular Hbond substituents is 1. The van der Waals surface area contributed by atoms with E-state index in [1.54, 1.807) is 7.11 Å². The van der Waals surface area contributed by atoms with Crippen LogP contribution in [0.2, 0.25) is 0 Å². The minimum absolute atomic E-state index is 0.372. The van der Waals surface area contributed by atoms with Gasteiger partial charge in [-0.3, -0.25) is 0 Å². The number of ether oxygens (including phenoxy) is 1. The lowest BCUT2D eigenvalue weighted by Gasteiger charge is -2.32. The highest BCUT2D eigenvalue weighted by Gasteiger charge is 2.25. The van der Waals surface area contributed by atoms with Crippen LogP contribution >= 0.6 is 0 Å². The van der Waals surface area contributed by atoms with Crippen LogP contribution in [0.1, 0.15) is 65.8 Å². The zero-order chi connectivity index (χ0) is 25.1. The molecule has 2 aliphatic rings. The Labute approximate surface area is 216 Å². The molecule has 0 aromatic heterocycles. The topological polar surface area (TPSA) is 35.9 Å². The second-order valence-electron chi connectivity index (χ2n) is 10.7. The van der Waals surface area contributed by atoms with E-state index < -0.39 is 0 Å². The molecule has 0 saturated carbocycles. The quantitative estimate of drug-likeness (QED) is 0.415. The van der Waals surface area contributed by atoms with E-state index in [0.29, 0.717) is 17.6 Å². The first kappa shape index (κ1) is 24.7. The maximum Gasteiger partial charge on any atom is 0.120 e. The minimum atomic E-state index is 0.372.